The zero-order valence-electron chi connectivity index (χ0n) is 27.3. The van der Waals surface area contributed by atoms with Crippen molar-refractivity contribution >= 4 is 35.1 Å². The van der Waals surface area contributed by atoms with E-state index in [1.54, 1.807) is 11.0 Å². The first-order valence-electron chi connectivity index (χ1n) is 16.7. The SMILES string of the molecule is O=C(O)CCNC(=O)N1[C@H]2CNC[C@@H]1C(C(=O)N(Cc1ccccc1Cl)C1CC1)=C(c1ccc(CCCOc3c(F)ccc(F)c3F)cc1)C2. The first-order valence-corrected chi connectivity index (χ1v) is 17.1. The number of hydrogen-bond acceptors (Lipinski definition) is 5. The largest absolute Gasteiger partial charge is 0.488 e. The summed E-state index contributed by atoms with van der Waals surface area (Å²) in [6.07, 6.45) is 2.85. The van der Waals surface area contributed by atoms with Crippen LogP contribution in [0.25, 0.3) is 5.57 Å². The number of hydrogen-bond donors (Lipinski definition) is 3. The molecule has 2 fully saturated rings. The Balaban J connectivity index is 1.26. The molecule has 2 bridgehead atoms. The number of piperazine rings is 1. The van der Waals surface area contributed by atoms with Gasteiger partial charge in [-0.2, -0.15) is 4.39 Å². The number of benzene rings is 3. The molecule has 3 aromatic carbocycles. The van der Waals surface area contributed by atoms with E-state index in [-0.39, 0.29) is 37.6 Å². The predicted octanol–water partition coefficient (Wildman–Crippen LogP) is 5.94. The van der Waals surface area contributed by atoms with Gasteiger partial charge in [-0.3, -0.25) is 9.59 Å². The zero-order valence-corrected chi connectivity index (χ0v) is 28.0. The van der Waals surface area contributed by atoms with E-state index in [0.29, 0.717) is 55.6 Å². The first kappa shape index (κ1) is 35.3. The summed E-state index contributed by atoms with van der Waals surface area (Å²) in [6.45, 7) is 1.12. The van der Waals surface area contributed by atoms with Gasteiger partial charge in [0.05, 0.1) is 25.1 Å². The molecule has 9 nitrogen and oxygen atoms in total. The zero-order chi connectivity index (χ0) is 35.4. The van der Waals surface area contributed by atoms with Crippen molar-refractivity contribution in [3.05, 3.63) is 105 Å². The van der Waals surface area contributed by atoms with Crippen molar-refractivity contribution in [2.24, 2.45) is 0 Å². The molecule has 13 heteroatoms. The lowest BCUT2D eigenvalue weighted by molar-refractivity contribution is -0.136. The lowest BCUT2D eigenvalue weighted by Gasteiger charge is -2.48. The van der Waals surface area contributed by atoms with E-state index in [1.807, 2.05) is 47.4 Å². The number of nitrogens with one attached hydrogen (secondary N) is 2. The van der Waals surface area contributed by atoms with Crippen LogP contribution < -0.4 is 15.4 Å². The summed E-state index contributed by atoms with van der Waals surface area (Å²) in [6, 6.07) is 15.4. The summed E-state index contributed by atoms with van der Waals surface area (Å²) < 4.78 is 46.6. The van der Waals surface area contributed by atoms with Crippen LogP contribution in [0.2, 0.25) is 5.02 Å². The van der Waals surface area contributed by atoms with Crippen molar-refractivity contribution in [1.82, 2.24) is 20.4 Å². The fourth-order valence-corrected chi connectivity index (χ4v) is 6.89. The van der Waals surface area contributed by atoms with E-state index in [1.165, 1.54) is 0 Å². The van der Waals surface area contributed by atoms with E-state index in [9.17, 15) is 27.6 Å². The molecule has 6 rings (SSSR count). The van der Waals surface area contributed by atoms with E-state index >= 15 is 0 Å². The number of nitrogens with zero attached hydrogens (tertiary/aromatic N) is 2. The average Bonchev–Trinajstić information content (AvgIpc) is 3.94. The Morgan fingerprint density at radius 1 is 1.00 bits per heavy atom. The van der Waals surface area contributed by atoms with Gasteiger partial charge < -0.3 is 30.3 Å². The number of carboxylic acids is 1. The van der Waals surface area contributed by atoms with Gasteiger partial charge in [-0.25, -0.2) is 13.6 Å². The molecule has 3 aromatic rings. The van der Waals surface area contributed by atoms with Crippen LogP contribution in [0.3, 0.4) is 0 Å². The molecule has 2 aliphatic heterocycles. The normalized spacial score (nSPS) is 18.5. The minimum Gasteiger partial charge on any atom is -0.488 e. The lowest BCUT2D eigenvalue weighted by atomic mass is 9.81. The van der Waals surface area contributed by atoms with Gasteiger partial charge >= 0.3 is 12.0 Å². The molecule has 1 saturated carbocycles. The second-order valence-corrected chi connectivity index (χ2v) is 13.2. The maximum atomic E-state index is 14.7. The molecular formula is C37H38ClF3N4O5. The molecule has 0 unspecified atom stereocenters. The number of halogens is 4. The average molecular weight is 711 g/mol. The third kappa shape index (κ3) is 7.92. The van der Waals surface area contributed by atoms with Gasteiger partial charge in [0.1, 0.15) is 0 Å². The molecule has 50 heavy (non-hydrogen) atoms. The number of fused-ring (bicyclic) bond motifs is 2. The van der Waals surface area contributed by atoms with Crippen LogP contribution in [-0.4, -0.2) is 77.2 Å². The second-order valence-electron chi connectivity index (χ2n) is 12.8. The smallest absolute Gasteiger partial charge is 0.318 e. The van der Waals surface area contributed by atoms with Gasteiger partial charge in [-0.15, -0.1) is 0 Å². The maximum Gasteiger partial charge on any atom is 0.318 e. The minimum atomic E-state index is -1.36. The number of aliphatic carboxylic acids is 1. The highest BCUT2D eigenvalue weighted by Crippen LogP contribution is 2.40. The third-order valence-electron chi connectivity index (χ3n) is 9.33. The Labute approximate surface area is 293 Å². The Morgan fingerprint density at radius 3 is 2.46 bits per heavy atom. The molecule has 264 valence electrons. The standard InChI is InChI=1S/C37H38ClF3N4O5/c38-28-6-2-1-5-24(28)21-44(25-11-12-25)36(48)33-27(18-26-19-42-20-31(33)45(26)37(49)43-16-15-32(46)47)23-9-7-22(8-10-23)4-3-17-50-35-30(40)14-13-29(39)34(35)41/h1-2,5-10,13-14,25-26,31,42H,3-4,11-12,15-21H2,(H,43,49)(H,46,47)/t26-,31-/m1/s1. The Bertz CT molecular complexity index is 1790. The quantitative estimate of drug-likeness (QED) is 0.150. The number of rotatable bonds is 13. The van der Waals surface area contributed by atoms with Crippen molar-refractivity contribution in [3.63, 3.8) is 0 Å². The highest BCUT2D eigenvalue weighted by atomic mass is 35.5. The number of carbonyl (C=O) groups excluding carboxylic acids is 2. The Kier molecular flexibility index (Phi) is 11.0. The van der Waals surface area contributed by atoms with Crippen molar-refractivity contribution in [2.75, 3.05) is 26.2 Å². The van der Waals surface area contributed by atoms with E-state index in [4.69, 9.17) is 21.4 Å². The van der Waals surface area contributed by atoms with Gasteiger partial charge in [0.15, 0.2) is 17.4 Å². The molecule has 0 aromatic heterocycles. The summed E-state index contributed by atoms with van der Waals surface area (Å²) in [7, 11) is 0. The highest BCUT2D eigenvalue weighted by Gasteiger charge is 2.46. The molecule has 3 aliphatic rings. The predicted molar refractivity (Wildman–Crippen MR) is 181 cm³/mol. The molecule has 3 amide bonds. The Morgan fingerprint density at radius 2 is 1.74 bits per heavy atom. The van der Waals surface area contributed by atoms with Crippen molar-refractivity contribution in [2.45, 2.75) is 63.2 Å². The Hall–Kier alpha value is -4.55. The summed E-state index contributed by atoms with van der Waals surface area (Å²) >= 11 is 6.52. The van der Waals surface area contributed by atoms with Crippen LogP contribution in [0.15, 0.2) is 66.2 Å². The molecule has 3 N–H and O–H groups in total. The van der Waals surface area contributed by atoms with Crippen LogP contribution in [-0.2, 0) is 22.6 Å². The molecule has 1 aliphatic carbocycles. The minimum absolute atomic E-state index is 0.0218. The number of urea groups is 1. The number of amides is 3. The van der Waals surface area contributed by atoms with Gasteiger partial charge in [-0.05, 0) is 72.6 Å². The van der Waals surface area contributed by atoms with Gasteiger partial charge in [-0.1, -0.05) is 54.1 Å². The highest BCUT2D eigenvalue weighted by molar-refractivity contribution is 6.31. The second kappa shape index (κ2) is 15.6. The summed E-state index contributed by atoms with van der Waals surface area (Å²) in [5.74, 6) is -5.43. The summed E-state index contributed by atoms with van der Waals surface area (Å²) in [5.41, 5.74) is 3.96. The topological polar surface area (TPSA) is 111 Å². The van der Waals surface area contributed by atoms with Crippen LogP contribution in [0.1, 0.15) is 48.8 Å². The molecular weight excluding hydrogens is 673 g/mol. The van der Waals surface area contributed by atoms with Gasteiger partial charge in [0.2, 0.25) is 5.82 Å². The lowest BCUT2D eigenvalue weighted by Crippen LogP contribution is -2.65. The molecule has 1 saturated heterocycles. The van der Waals surface area contributed by atoms with E-state index in [0.717, 1.165) is 41.2 Å². The maximum absolute atomic E-state index is 14.7. The molecule has 0 spiro atoms. The number of aryl methyl sites for hydroxylation is 1. The monoisotopic (exact) mass is 710 g/mol. The number of carboxylic acid groups (broad SMARTS) is 1. The van der Waals surface area contributed by atoms with E-state index < -0.39 is 41.2 Å². The fraction of sp³-hybridized carbons (Fsp3) is 0.378. The number of carbonyl (C=O) groups is 3. The van der Waals surface area contributed by atoms with Gasteiger partial charge in [0, 0.05) is 42.8 Å². The van der Waals surface area contributed by atoms with Crippen molar-refractivity contribution in [1.29, 1.82) is 0 Å². The fourth-order valence-electron chi connectivity index (χ4n) is 6.70. The van der Waals surface area contributed by atoms with Crippen LogP contribution in [0, 0.1) is 17.5 Å². The third-order valence-corrected chi connectivity index (χ3v) is 9.70. The molecule has 2 atom stereocenters. The van der Waals surface area contributed by atoms with Crippen LogP contribution >= 0.6 is 11.6 Å². The molecule has 2 heterocycles. The van der Waals surface area contributed by atoms with Crippen LogP contribution in [0.5, 0.6) is 5.75 Å². The molecule has 0 radical (unpaired) electrons. The van der Waals surface area contributed by atoms with Gasteiger partial charge in [0.25, 0.3) is 5.91 Å². The van der Waals surface area contributed by atoms with Crippen molar-refractivity contribution in [3.8, 4) is 5.75 Å². The number of ether oxygens (including phenoxy) is 1. The summed E-state index contributed by atoms with van der Waals surface area (Å²) in [5, 5.41) is 15.8. The summed E-state index contributed by atoms with van der Waals surface area (Å²) in [4.78, 5) is 42.9. The van der Waals surface area contributed by atoms with E-state index in [2.05, 4.69) is 10.6 Å². The first-order chi connectivity index (χ1) is 24.1. The van der Waals surface area contributed by atoms with Crippen molar-refractivity contribution < 1.29 is 37.4 Å². The van der Waals surface area contributed by atoms with Crippen LogP contribution in [0.4, 0.5) is 18.0 Å².